The van der Waals surface area contributed by atoms with Crippen LogP contribution in [0, 0.1) is 0 Å². The number of benzene rings is 1. The van der Waals surface area contributed by atoms with Gasteiger partial charge in [-0.3, -0.25) is 0 Å². The van der Waals surface area contributed by atoms with Gasteiger partial charge < -0.3 is 19.5 Å². The Bertz CT molecular complexity index is 412. The maximum Gasteiger partial charge on any atom is 0.0950 e. The van der Waals surface area contributed by atoms with Crippen LogP contribution in [-0.4, -0.2) is 46.1 Å². The van der Waals surface area contributed by atoms with Crippen LogP contribution in [0.3, 0.4) is 0 Å². The minimum atomic E-state index is 0.0640. The number of methoxy groups -OCH3 is 1. The maximum absolute atomic E-state index is 5.99. The Hall–Kier alpha value is -0.460. The van der Waals surface area contributed by atoms with Gasteiger partial charge in [0, 0.05) is 24.2 Å². The molecule has 2 rings (SSSR count). The van der Waals surface area contributed by atoms with E-state index in [0.717, 1.165) is 11.0 Å². The lowest BCUT2D eigenvalue weighted by Gasteiger charge is -2.19. The highest BCUT2D eigenvalue weighted by Gasteiger charge is 2.22. The number of nitrogens with one attached hydrogen (secondary N) is 1. The van der Waals surface area contributed by atoms with E-state index in [4.69, 9.17) is 14.2 Å². The molecule has 1 atom stereocenters. The predicted octanol–water partition coefficient (Wildman–Crippen LogP) is 2.92. The summed E-state index contributed by atoms with van der Waals surface area (Å²) in [5.41, 5.74) is 1.19. The van der Waals surface area contributed by atoms with Gasteiger partial charge >= 0.3 is 0 Å². The maximum atomic E-state index is 5.99. The normalized spacial score (nSPS) is 16.1. The number of hydrogen-bond donors (Lipinski definition) is 1. The van der Waals surface area contributed by atoms with E-state index in [1.54, 1.807) is 7.11 Å². The summed E-state index contributed by atoms with van der Waals surface area (Å²) < 4.78 is 17.5. The van der Waals surface area contributed by atoms with Gasteiger partial charge in [-0.2, -0.15) is 0 Å². The molecule has 0 amide bonds. The molecule has 1 aliphatic carbocycles. The average Bonchev–Trinajstić information content (AvgIpc) is 3.30. The van der Waals surface area contributed by atoms with Gasteiger partial charge in [-0.1, -0.05) is 28.1 Å². The monoisotopic (exact) mass is 357 g/mol. The summed E-state index contributed by atoms with van der Waals surface area (Å²) in [7, 11) is 1.67. The minimum absolute atomic E-state index is 0.0640. The number of ether oxygens (including phenoxy) is 3. The zero-order valence-electron chi connectivity index (χ0n) is 12.5. The van der Waals surface area contributed by atoms with Gasteiger partial charge in [0.15, 0.2) is 0 Å². The second-order valence-electron chi connectivity index (χ2n) is 5.20. The number of halogens is 1. The number of hydrogen-bond acceptors (Lipinski definition) is 4. The summed E-state index contributed by atoms with van der Waals surface area (Å²) >= 11 is 3.52. The van der Waals surface area contributed by atoms with Crippen molar-refractivity contribution < 1.29 is 14.2 Å². The summed E-state index contributed by atoms with van der Waals surface area (Å²) in [6.45, 7) is 3.27. The molecule has 0 saturated heterocycles. The Morgan fingerprint density at radius 2 is 2.05 bits per heavy atom. The molecule has 1 aromatic rings. The van der Waals surface area contributed by atoms with Crippen LogP contribution in [0.15, 0.2) is 28.7 Å². The zero-order valence-corrected chi connectivity index (χ0v) is 14.1. The van der Waals surface area contributed by atoms with E-state index in [1.165, 1.54) is 18.4 Å². The third-order valence-corrected chi connectivity index (χ3v) is 3.86. The highest BCUT2D eigenvalue weighted by Crippen LogP contribution is 2.24. The molecular formula is C16H24BrNO3. The topological polar surface area (TPSA) is 39.7 Å². The van der Waals surface area contributed by atoms with Crippen molar-refractivity contribution in [3.63, 3.8) is 0 Å². The lowest BCUT2D eigenvalue weighted by Crippen LogP contribution is -2.26. The lowest BCUT2D eigenvalue weighted by atomic mass is 10.1. The second-order valence-corrected chi connectivity index (χ2v) is 6.12. The van der Waals surface area contributed by atoms with Crippen molar-refractivity contribution in [1.29, 1.82) is 0 Å². The van der Waals surface area contributed by atoms with Crippen molar-refractivity contribution in [1.82, 2.24) is 5.32 Å². The van der Waals surface area contributed by atoms with Crippen molar-refractivity contribution in [2.75, 3.05) is 40.1 Å². The van der Waals surface area contributed by atoms with Crippen LogP contribution in [0.4, 0.5) is 0 Å². The molecule has 1 saturated carbocycles. The highest BCUT2D eigenvalue weighted by atomic mass is 79.9. The quantitative estimate of drug-likeness (QED) is 0.618. The molecule has 1 aromatic carbocycles. The largest absolute Gasteiger partial charge is 0.382 e. The number of rotatable bonds is 11. The molecule has 0 heterocycles. The summed E-state index contributed by atoms with van der Waals surface area (Å²) in [4.78, 5) is 0. The van der Waals surface area contributed by atoms with Crippen LogP contribution in [-0.2, 0) is 14.2 Å². The van der Waals surface area contributed by atoms with Crippen LogP contribution in [0.1, 0.15) is 24.5 Å². The lowest BCUT2D eigenvalue weighted by molar-refractivity contribution is -0.00699. The van der Waals surface area contributed by atoms with Crippen molar-refractivity contribution in [2.45, 2.75) is 25.0 Å². The first-order valence-electron chi connectivity index (χ1n) is 7.46. The Morgan fingerprint density at radius 3 is 2.76 bits per heavy atom. The molecule has 1 aliphatic rings. The Labute approximate surface area is 135 Å². The molecule has 0 bridgehead atoms. The first kappa shape index (κ1) is 16.9. The smallest absolute Gasteiger partial charge is 0.0950 e. The van der Waals surface area contributed by atoms with Crippen LogP contribution < -0.4 is 5.32 Å². The van der Waals surface area contributed by atoms with Gasteiger partial charge in [0.05, 0.1) is 32.5 Å². The molecule has 5 heteroatoms. The molecular weight excluding hydrogens is 334 g/mol. The molecule has 1 fully saturated rings. The fraction of sp³-hybridized carbons (Fsp3) is 0.625. The van der Waals surface area contributed by atoms with E-state index in [0.29, 0.717) is 32.5 Å². The third kappa shape index (κ3) is 6.89. The van der Waals surface area contributed by atoms with E-state index >= 15 is 0 Å². The Morgan fingerprint density at radius 1 is 1.24 bits per heavy atom. The van der Waals surface area contributed by atoms with Crippen molar-refractivity contribution in [2.24, 2.45) is 0 Å². The van der Waals surface area contributed by atoms with Gasteiger partial charge in [-0.05, 0) is 30.5 Å². The van der Waals surface area contributed by atoms with Gasteiger partial charge in [-0.15, -0.1) is 0 Å². The third-order valence-electron chi connectivity index (χ3n) is 3.37. The standard InChI is InChI=1S/C16H24BrNO3/c1-19-7-8-20-9-10-21-16(12-18-15-5-6-15)13-3-2-4-14(17)11-13/h2-4,11,15-16,18H,5-10,12H2,1H3. The van der Waals surface area contributed by atoms with Gasteiger partial charge in [0.1, 0.15) is 0 Å². The summed E-state index contributed by atoms with van der Waals surface area (Å²) in [6, 6.07) is 8.98. The van der Waals surface area contributed by atoms with Crippen molar-refractivity contribution >= 4 is 15.9 Å². The van der Waals surface area contributed by atoms with Gasteiger partial charge in [0.2, 0.25) is 0 Å². The predicted molar refractivity (Wildman–Crippen MR) is 86.6 cm³/mol. The van der Waals surface area contributed by atoms with E-state index < -0.39 is 0 Å². The Kier molecular flexibility index (Phi) is 7.68. The summed E-state index contributed by atoms with van der Waals surface area (Å²) in [5, 5.41) is 3.53. The molecule has 0 aliphatic heterocycles. The molecule has 0 spiro atoms. The first-order chi connectivity index (χ1) is 10.3. The van der Waals surface area contributed by atoms with E-state index in [9.17, 15) is 0 Å². The first-order valence-corrected chi connectivity index (χ1v) is 8.26. The van der Waals surface area contributed by atoms with E-state index in [-0.39, 0.29) is 6.10 Å². The van der Waals surface area contributed by atoms with Crippen molar-refractivity contribution in [3.8, 4) is 0 Å². The fourth-order valence-electron chi connectivity index (χ4n) is 2.03. The van der Waals surface area contributed by atoms with Crippen molar-refractivity contribution in [3.05, 3.63) is 34.3 Å². The molecule has 118 valence electrons. The van der Waals surface area contributed by atoms with Crippen LogP contribution in [0.25, 0.3) is 0 Å². The van der Waals surface area contributed by atoms with E-state index in [2.05, 4.69) is 33.4 Å². The molecule has 0 aromatic heterocycles. The SMILES string of the molecule is COCCOCCOC(CNC1CC1)c1cccc(Br)c1. The molecule has 1 N–H and O–H groups in total. The summed E-state index contributed by atoms with van der Waals surface area (Å²) in [5.74, 6) is 0. The average molecular weight is 358 g/mol. The van der Waals surface area contributed by atoms with Crippen LogP contribution in [0.2, 0.25) is 0 Å². The molecule has 0 radical (unpaired) electrons. The minimum Gasteiger partial charge on any atom is -0.382 e. The highest BCUT2D eigenvalue weighted by molar-refractivity contribution is 9.10. The fourth-order valence-corrected chi connectivity index (χ4v) is 2.45. The van der Waals surface area contributed by atoms with Crippen LogP contribution >= 0.6 is 15.9 Å². The van der Waals surface area contributed by atoms with Gasteiger partial charge in [-0.25, -0.2) is 0 Å². The van der Waals surface area contributed by atoms with Gasteiger partial charge in [0.25, 0.3) is 0 Å². The Balaban J connectivity index is 1.77. The van der Waals surface area contributed by atoms with Crippen LogP contribution in [0.5, 0.6) is 0 Å². The zero-order chi connectivity index (χ0) is 14.9. The second kappa shape index (κ2) is 9.54. The molecule has 4 nitrogen and oxygen atoms in total. The van der Waals surface area contributed by atoms with E-state index in [1.807, 2.05) is 12.1 Å². The molecule has 1 unspecified atom stereocenters. The molecule has 21 heavy (non-hydrogen) atoms. The summed E-state index contributed by atoms with van der Waals surface area (Å²) in [6.07, 6.45) is 2.63.